The second-order valence-corrected chi connectivity index (χ2v) is 4.86. The molecule has 118 valence electrons. The summed E-state index contributed by atoms with van der Waals surface area (Å²) >= 11 is 0. The molecule has 0 fully saturated rings. The maximum Gasteiger partial charge on any atom is 0.270 e. The average molecular weight is 312 g/mol. The molecule has 8 heteroatoms. The lowest BCUT2D eigenvalue weighted by molar-refractivity contribution is 0.340. The second-order valence-electron chi connectivity index (χ2n) is 4.86. The van der Waals surface area contributed by atoms with E-state index in [-0.39, 0.29) is 12.0 Å². The smallest absolute Gasteiger partial charge is 0.270 e. The zero-order valence-electron chi connectivity index (χ0n) is 12.9. The molecule has 0 radical (unpaired) electrons. The van der Waals surface area contributed by atoms with Gasteiger partial charge in [-0.3, -0.25) is 4.79 Å². The molecule has 0 aliphatic heterocycles. The van der Waals surface area contributed by atoms with Crippen LogP contribution in [-0.4, -0.2) is 37.8 Å². The fourth-order valence-corrected chi connectivity index (χ4v) is 2.15. The van der Waals surface area contributed by atoms with Gasteiger partial charge in [-0.05, 0) is 26.0 Å². The summed E-state index contributed by atoms with van der Waals surface area (Å²) in [6, 6.07) is 7.38. The molecular formula is C15H16N6O2. The predicted octanol–water partition coefficient (Wildman–Crippen LogP) is 1.24. The SMILES string of the molecule is CCO/C=N/n1c(C)nnc1Cc1nc2ccccc2[nH]c1=O. The van der Waals surface area contributed by atoms with Crippen LogP contribution in [0.1, 0.15) is 24.3 Å². The second kappa shape index (κ2) is 6.39. The summed E-state index contributed by atoms with van der Waals surface area (Å²) in [6.45, 7) is 4.16. The van der Waals surface area contributed by atoms with Crippen molar-refractivity contribution in [1.82, 2.24) is 24.8 Å². The van der Waals surface area contributed by atoms with Crippen LogP contribution in [0, 0.1) is 6.92 Å². The number of nitrogens with zero attached hydrogens (tertiary/aromatic N) is 5. The van der Waals surface area contributed by atoms with Crippen LogP contribution < -0.4 is 5.56 Å². The molecule has 0 unspecified atom stereocenters. The van der Waals surface area contributed by atoms with Crippen molar-refractivity contribution in [3.63, 3.8) is 0 Å². The number of benzene rings is 1. The first-order valence-corrected chi connectivity index (χ1v) is 7.22. The van der Waals surface area contributed by atoms with Gasteiger partial charge in [0.25, 0.3) is 5.56 Å². The van der Waals surface area contributed by atoms with E-state index >= 15 is 0 Å². The van der Waals surface area contributed by atoms with Crippen molar-refractivity contribution >= 4 is 17.4 Å². The van der Waals surface area contributed by atoms with Gasteiger partial charge in [-0.15, -0.1) is 15.3 Å². The first kappa shape index (κ1) is 14.9. The molecule has 8 nitrogen and oxygen atoms in total. The molecule has 2 heterocycles. The van der Waals surface area contributed by atoms with E-state index in [1.807, 2.05) is 31.2 Å². The third-order valence-electron chi connectivity index (χ3n) is 3.26. The number of ether oxygens (including phenoxy) is 1. The van der Waals surface area contributed by atoms with Gasteiger partial charge in [-0.1, -0.05) is 12.1 Å². The van der Waals surface area contributed by atoms with Crippen molar-refractivity contribution in [2.75, 3.05) is 6.61 Å². The lowest BCUT2D eigenvalue weighted by Crippen LogP contribution is -2.17. The Morgan fingerprint density at radius 1 is 1.35 bits per heavy atom. The Kier molecular flexibility index (Phi) is 4.13. The minimum Gasteiger partial charge on any atom is -0.482 e. The van der Waals surface area contributed by atoms with Gasteiger partial charge >= 0.3 is 0 Å². The predicted molar refractivity (Wildman–Crippen MR) is 85.4 cm³/mol. The van der Waals surface area contributed by atoms with Crippen molar-refractivity contribution in [2.45, 2.75) is 20.3 Å². The molecule has 0 saturated carbocycles. The van der Waals surface area contributed by atoms with E-state index < -0.39 is 0 Å². The number of aryl methyl sites for hydroxylation is 1. The van der Waals surface area contributed by atoms with Gasteiger partial charge in [-0.25, -0.2) is 4.98 Å². The highest BCUT2D eigenvalue weighted by Crippen LogP contribution is 2.09. The number of H-pyrrole nitrogens is 1. The Labute approximate surface area is 131 Å². The molecule has 1 aromatic carbocycles. The number of aromatic nitrogens is 5. The highest BCUT2D eigenvalue weighted by atomic mass is 16.5. The van der Waals surface area contributed by atoms with Crippen molar-refractivity contribution in [2.24, 2.45) is 5.10 Å². The molecule has 0 aliphatic carbocycles. The van der Waals surface area contributed by atoms with E-state index in [9.17, 15) is 4.79 Å². The van der Waals surface area contributed by atoms with Gasteiger partial charge in [0.2, 0.25) is 0 Å². The summed E-state index contributed by atoms with van der Waals surface area (Å²) in [6.07, 6.45) is 1.56. The summed E-state index contributed by atoms with van der Waals surface area (Å²) in [7, 11) is 0. The number of fused-ring (bicyclic) bond motifs is 1. The van der Waals surface area contributed by atoms with E-state index in [1.165, 1.54) is 11.1 Å². The molecule has 1 N–H and O–H groups in total. The third kappa shape index (κ3) is 3.10. The topological polar surface area (TPSA) is 98.0 Å². The van der Waals surface area contributed by atoms with Crippen LogP contribution in [0.2, 0.25) is 0 Å². The quantitative estimate of drug-likeness (QED) is 0.564. The Balaban J connectivity index is 1.96. The molecule has 0 saturated heterocycles. The lowest BCUT2D eigenvalue weighted by atomic mass is 10.2. The zero-order chi connectivity index (χ0) is 16.2. The van der Waals surface area contributed by atoms with Crippen LogP contribution in [0.25, 0.3) is 11.0 Å². The molecule has 3 rings (SSSR count). The lowest BCUT2D eigenvalue weighted by Gasteiger charge is -2.03. The van der Waals surface area contributed by atoms with Crippen molar-refractivity contribution < 1.29 is 4.74 Å². The summed E-state index contributed by atoms with van der Waals surface area (Å²) in [5.74, 6) is 1.12. The van der Waals surface area contributed by atoms with Gasteiger partial charge < -0.3 is 9.72 Å². The molecule has 0 bridgehead atoms. The molecule has 23 heavy (non-hydrogen) atoms. The molecule has 2 aromatic heterocycles. The molecule has 0 aliphatic rings. The van der Waals surface area contributed by atoms with E-state index in [2.05, 4.69) is 25.3 Å². The molecule has 0 atom stereocenters. The molecular weight excluding hydrogens is 296 g/mol. The number of hydrogen-bond acceptors (Lipinski definition) is 6. The zero-order valence-corrected chi connectivity index (χ0v) is 12.9. The minimum absolute atomic E-state index is 0.227. The Morgan fingerprint density at radius 2 is 2.17 bits per heavy atom. The van der Waals surface area contributed by atoms with Crippen molar-refractivity contribution in [1.29, 1.82) is 0 Å². The van der Waals surface area contributed by atoms with Crippen LogP contribution in [0.3, 0.4) is 0 Å². The van der Waals surface area contributed by atoms with Crippen molar-refractivity contribution in [3.8, 4) is 0 Å². The monoisotopic (exact) mass is 312 g/mol. The standard InChI is InChI=1S/C15H16N6O2/c1-3-23-9-16-21-10(2)19-20-14(21)8-13-15(22)18-12-7-5-4-6-11(12)17-13/h4-7,9H,3,8H2,1-2H3,(H,18,22)/b16-9+. The summed E-state index contributed by atoms with van der Waals surface area (Å²) < 4.78 is 6.63. The van der Waals surface area contributed by atoms with E-state index in [0.29, 0.717) is 29.5 Å². The largest absolute Gasteiger partial charge is 0.482 e. The number of nitrogens with one attached hydrogen (secondary N) is 1. The van der Waals surface area contributed by atoms with Gasteiger partial charge in [0.1, 0.15) is 5.69 Å². The Morgan fingerprint density at radius 3 is 3.00 bits per heavy atom. The van der Waals surface area contributed by atoms with Gasteiger partial charge in [0.15, 0.2) is 18.0 Å². The van der Waals surface area contributed by atoms with Crippen LogP contribution in [0.4, 0.5) is 0 Å². The van der Waals surface area contributed by atoms with E-state index in [4.69, 9.17) is 4.74 Å². The molecule has 0 spiro atoms. The highest BCUT2D eigenvalue weighted by Gasteiger charge is 2.13. The fraction of sp³-hybridized carbons (Fsp3) is 0.267. The van der Waals surface area contributed by atoms with Crippen molar-refractivity contribution in [3.05, 3.63) is 52.0 Å². The van der Waals surface area contributed by atoms with Crippen LogP contribution in [0.5, 0.6) is 0 Å². The summed E-state index contributed by atoms with van der Waals surface area (Å²) in [5.41, 5.74) is 1.55. The fourth-order valence-electron chi connectivity index (χ4n) is 2.15. The summed E-state index contributed by atoms with van der Waals surface area (Å²) in [5, 5.41) is 12.2. The van der Waals surface area contributed by atoms with Crippen LogP contribution in [-0.2, 0) is 11.2 Å². The van der Waals surface area contributed by atoms with Gasteiger partial charge in [0, 0.05) is 0 Å². The first-order valence-electron chi connectivity index (χ1n) is 7.22. The van der Waals surface area contributed by atoms with E-state index in [1.54, 1.807) is 6.92 Å². The Hall–Kier alpha value is -3.03. The molecule has 0 amide bonds. The normalized spacial score (nSPS) is 11.4. The highest BCUT2D eigenvalue weighted by molar-refractivity contribution is 5.73. The summed E-state index contributed by atoms with van der Waals surface area (Å²) in [4.78, 5) is 19.4. The number of aromatic amines is 1. The van der Waals surface area contributed by atoms with Crippen LogP contribution in [0.15, 0.2) is 34.2 Å². The first-order chi connectivity index (χ1) is 11.2. The number of rotatable bonds is 5. The van der Waals surface area contributed by atoms with Gasteiger partial charge in [-0.2, -0.15) is 4.68 Å². The van der Waals surface area contributed by atoms with Gasteiger partial charge in [0.05, 0.1) is 24.1 Å². The molecule has 3 aromatic rings. The maximum absolute atomic E-state index is 12.2. The maximum atomic E-state index is 12.2. The third-order valence-corrected chi connectivity index (χ3v) is 3.26. The average Bonchev–Trinajstić information content (AvgIpc) is 2.89. The van der Waals surface area contributed by atoms with E-state index in [0.717, 1.165) is 5.52 Å². The Bertz CT molecular complexity index is 912. The number of hydrogen-bond donors (Lipinski definition) is 1. The van der Waals surface area contributed by atoms with Crippen LogP contribution >= 0.6 is 0 Å². The number of para-hydroxylation sites is 2. The minimum atomic E-state index is -0.246.